The molecule has 5 nitrogen and oxygen atoms in total. The minimum absolute atomic E-state index is 0.0129. The second-order valence-electron chi connectivity index (χ2n) is 3.54. The van der Waals surface area contributed by atoms with E-state index in [1.807, 2.05) is 0 Å². The number of carbonyl (C=O) groups excluding carboxylic acids is 1. The summed E-state index contributed by atoms with van der Waals surface area (Å²) in [5.74, 6) is -0.308. The molecule has 1 aromatic heterocycles. The summed E-state index contributed by atoms with van der Waals surface area (Å²) < 4.78 is 31.8. The van der Waals surface area contributed by atoms with Gasteiger partial charge in [0, 0.05) is 5.69 Å². The molecule has 9 heteroatoms. The van der Waals surface area contributed by atoms with Crippen LogP contribution in [0.4, 0.5) is 14.5 Å². The second kappa shape index (κ2) is 6.58. The van der Waals surface area contributed by atoms with Crippen molar-refractivity contribution in [3.8, 4) is 5.75 Å². The molecule has 1 N–H and O–H groups in total. The number of anilines is 1. The van der Waals surface area contributed by atoms with Crippen LogP contribution in [0.25, 0.3) is 0 Å². The summed E-state index contributed by atoms with van der Waals surface area (Å²) in [7, 11) is 0. The standard InChI is InChI=1S/C11H8ClF2N3O2S/c12-5-8-9(20-17-16-8)10(18)15-6-1-3-7(4-2-6)19-11(13)14/h1-4,11H,5H2,(H,15,18). The lowest BCUT2D eigenvalue weighted by atomic mass is 10.3. The van der Waals surface area contributed by atoms with Gasteiger partial charge in [-0.3, -0.25) is 4.79 Å². The topological polar surface area (TPSA) is 64.1 Å². The normalized spacial score (nSPS) is 10.6. The van der Waals surface area contributed by atoms with Gasteiger partial charge in [0.2, 0.25) is 0 Å². The highest BCUT2D eigenvalue weighted by molar-refractivity contribution is 7.08. The quantitative estimate of drug-likeness (QED) is 0.860. The Morgan fingerprint density at radius 2 is 2.10 bits per heavy atom. The number of rotatable bonds is 5. The van der Waals surface area contributed by atoms with E-state index in [0.717, 1.165) is 11.5 Å². The molecular formula is C11H8ClF2N3O2S. The van der Waals surface area contributed by atoms with Crippen LogP contribution in [-0.4, -0.2) is 22.1 Å². The van der Waals surface area contributed by atoms with E-state index in [2.05, 4.69) is 19.6 Å². The van der Waals surface area contributed by atoms with Crippen LogP contribution in [0.1, 0.15) is 15.4 Å². The maximum Gasteiger partial charge on any atom is 0.387 e. The van der Waals surface area contributed by atoms with Crippen molar-refractivity contribution in [3.05, 3.63) is 34.8 Å². The number of nitrogens with zero attached hydrogens (tertiary/aromatic N) is 2. The zero-order valence-corrected chi connectivity index (χ0v) is 11.4. The lowest BCUT2D eigenvalue weighted by molar-refractivity contribution is -0.0498. The summed E-state index contributed by atoms with van der Waals surface area (Å²) in [5, 5.41) is 6.31. The molecule has 20 heavy (non-hydrogen) atoms. The molecule has 2 rings (SSSR count). The molecule has 106 valence electrons. The van der Waals surface area contributed by atoms with E-state index in [0.29, 0.717) is 16.3 Å². The summed E-state index contributed by atoms with van der Waals surface area (Å²) in [6, 6.07) is 5.55. The van der Waals surface area contributed by atoms with Crippen LogP contribution in [0.3, 0.4) is 0 Å². The monoisotopic (exact) mass is 319 g/mol. The molecule has 0 aliphatic carbocycles. The molecule has 0 aliphatic heterocycles. The number of ether oxygens (including phenoxy) is 1. The zero-order chi connectivity index (χ0) is 14.5. The van der Waals surface area contributed by atoms with Crippen molar-refractivity contribution < 1.29 is 18.3 Å². The fourth-order valence-corrected chi connectivity index (χ4v) is 2.22. The van der Waals surface area contributed by atoms with E-state index in [4.69, 9.17) is 11.6 Å². The van der Waals surface area contributed by atoms with Crippen LogP contribution in [-0.2, 0) is 5.88 Å². The van der Waals surface area contributed by atoms with Gasteiger partial charge < -0.3 is 10.1 Å². The molecule has 0 atom stereocenters. The van der Waals surface area contributed by atoms with E-state index in [1.165, 1.54) is 24.3 Å². The number of amides is 1. The number of benzene rings is 1. The van der Waals surface area contributed by atoms with Gasteiger partial charge in [-0.05, 0) is 35.8 Å². The molecule has 1 heterocycles. The van der Waals surface area contributed by atoms with Crippen LogP contribution >= 0.6 is 23.1 Å². The van der Waals surface area contributed by atoms with Crippen molar-refractivity contribution in [2.24, 2.45) is 0 Å². The summed E-state index contributed by atoms with van der Waals surface area (Å²) in [4.78, 5) is 12.2. The van der Waals surface area contributed by atoms with Gasteiger partial charge in [0.1, 0.15) is 16.3 Å². The average Bonchev–Trinajstić information content (AvgIpc) is 2.89. The number of aromatic nitrogens is 2. The Bertz CT molecular complexity index is 592. The summed E-state index contributed by atoms with van der Waals surface area (Å²) >= 11 is 6.56. The predicted molar refractivity (Wildman–Crippen MR) is 70.5 cm³/mol. The molecule has 0 saturated heterocycles. The lowest BCUT2D eigenvalue weighted by Gasteiger charge is -2.06. The Morgan fingerprint density at radius 1 is 1.40 bits per heavy atom. The number of alkyl halides is 3. The maximum atomic E-state index is 12.0. The fraction of sp³-hybridized carbons (Fsp3) is 0.182. The maximum absolute atomic E-state index is 12.0. The zero-order valence-electron chi connectivity index (χ0n) is 9.85. The first-order valence-electron chi connectivity index (χ1n) is 5.33. The van der Waals surface area contributed by atoms with Gasteiger partial charge >= 0.3 is 6.61 Å². The SMILES string of the molecule is O=C(Nc1ccc(OC(F)F)cc1)c1snnc1CCl. The first-order chi connectivity index (χ1) is 9.60. The van der Waals surface area contributed by atoms with E-state index in [-0.39, 0.29) is 11.6 Å². The van der Waals surface area contributed by atoms with Crippen LogP contribution in [0.15, 0.2) is 24.3 Å². The van der Waals surface area contributed by atoms with Gasteiger partial charge in [-0.1, -0.05) is 4.49 Å². The molecule has 0 spiro atoms. The van der Waals surface area contributed by atoms with Crippen LogP contribution in [0.5, 0.6) is 5.75 Å². The fourth-order valence-electron chi connectivity index (χ4n) is 1.38. The van der Waals surface area contributed by atoms with Crippen molar-refractivity contribution in [1.29, 1.82) is 0 Å². The van der Waals surface area contributed by atoms with Crippen molar-refractivity contribution in [2.75, 3.05) is 5.32 Å². The minimum atomic E-state index is -2.88. The first-order valence-corrected chi connectivity index (χ1v) is 6.64. The third-order valence-corrected chi connectivity index (χ3v) is 3.25. The molecule has 2 aromatic rings. The number of nitrogens with one attached hydrogen (secondary N) is 1. The summed E-state index contributed by atoms with van der Waals surface area (Å²) in [6.45, 7) is -2.88. The molecule has 1 amide bonds. The predicted octanol–water partition coefficient (Wildman–Crippen LogP) is 3.13. The van der Waals surface area contributed by atoms with E-state index in [9.17, 15) is 13.6 Å². The van der Waals surface area contributed by atoms with Gasteiger partial charge in [-0.25, -0.2) is 0 Å². The molecule has 0 aliphatic rings. The highest BCUT2D eigenvalue weighted by Gasteiger charge is 2.15. The van der Waals surface area contributed by atoms with Crippen molar-refractivity contribution in [3.63, 3.8) is 0 Å². The van der Waals surface area contributed by atoms with Gasteiger partial charge in [0.05, 0.1) is 5.88 Å². The van der Waals surface area contributed by atoms with E-state index >= 15 is 0 Å². The Morgan fingerprint density at radius 3 is 2.70 bits per heavy atom. The third-order valence-electron chi connectivity index (χ3n) is 2.23. The smallest absolute Gasteiger partial charge is 0.387 e. The van der Waals surface area contributed by atoms with Crippen LogP contribution < -0.4 is 10.1 Å². The van der Waals surface area contributed by atoms with Crippen LogP contribution in [0.2, 0.25) is 0 Å². The summed E-state index contributed by atoms with van der Waals surface area (Å²) in [6.07, 6.45) is 0. The molecule has 0 unspecified atom stereocenters. The van der Waals surface area contributed by atoms with E-state index in [1.54, 1.807) is 0 Å². The minimum Gasteiger partial charge on any atom is -0.435 e. The number of halogens is 3. The lowest BCUT2D eigenvalue weighted by Crippen LogP contribution is -2.12. The highest BCUT2D eigenvalue weighted by atomic mass is 35.5. The summed E-state index contributed by atoms with van der Waals surface area (Å²) in [5.41, 5.74) is 0.831. The Balaban J connectivity index is 2.05. The molecule has 0 radical (unpaired) electrons. The Kier molecular flexibility index (Phi) is 4.80. The van der Waals surface area contributed by atoms with Crippen LogP contribution in [0, 0.1) is 0 Å². The highest BCUT2D eigenvalue weighted by Crippen LogP contribution is 2.20. The first kappa shape index (κ1) is 14.6. The second-order valence-corrected chi connectivity index (χ2v) is 4.56. The third kappa shape index (κ3) is 3.61. The molecule has 0 saturated carbocycles. The van der Waals surface area contributed by atoms with E-state index < -0.39 is 12.5 Å². The molecular weight excluding hydrogens is 312 g/mol. The molecule has 0 bridgehead atoms. The number of hydrogen-bond donors (Lipinski definition) is 1. The Hall–Kier alpha value is -1.80. The molecule has 0 fully saturated rings. The largest absolute Gasteiger partial charge is 0.435 e. The average molecular weight is 320 g/mol. The number of hydrogen-bond acceptors (Lipinski definition) is 5. The van der Waals surface area contributed by atoms with Gasteiger partial charge in [0.15, 0.2) is 0 Å². The van der Waals surface area contributed by atoms with Crippen molar-refractivity contribution in [2.45, 2.75) is 12.5 Å². The van der Waals surface area contributed by atoms with Gasteiger partial charge in [0.25, 0.3) is 5.91 Å². The van der Waals surface area contributed by atoms with Crippen molar-refractivity contribution in [1.82, 2.24) is 9.59 Å². The molecule has 1 aromatic carbocycles. The van der Waals surface area contributed by atoms with Gasteiger partial charge in [-0.15, -0.1) is 16.7 Å². The van der Waals surface area contributed by atoms with Gasteiger partial charge in [-0.2, -0.15) is 8.78 Å². The van der Waals surface area contributed by atoms with Crippen molar-refractivity contribution >= 4 is 34.7 Å². The number of carbonyl (C=O) groups is 1. The Labute approximate surface area is 121 Å².